The van der Waals surface area contributed by atoms with Crippen LogP contribution in [0.25, 0.3) is 10.6 Å². The molecule has 1 amide bonds. The van der Waals surface area contributed by atoms with Crippen molar-refractivity contribution in [3.63, 3.8) is 0 Å². The molecule has 1 saturated heterocycles. The number of aryl methyl sites for hydroxylation is 1. The van der Waals surface area contributed by atoms with Crippen LogP contribution in [0.1, 0.15) is 28.2 Å². The molecule has 0 spiro atoms. The summed E-state index contributed by atoms with van der Waals surface area (Å²) in [5.74, 6) is -0.967. The van der Waals surface area contributed by atoms with Gasteiger partial charge in [0.05, 0.1) is 18.7 Å². The molecule has 1 aliphatic heterocycles. The maximum Gasteiger partial charge on any atom is 0.310 e. The molecule has 0 radical (unpaired) electrons. The standard InChI is InChI=1S/C18H19FN2O3S/c1-11-15(25-16(20-11)12-5-7-14(19)8-6-12)17(22)21-9-3-4-13(10-21)18(23)24-2/h5-8,13H,3-4,9-10H2,1-2H3. The van der Waals surface area contributed by atoms with E-state index in [0.717, 1.165) is 18.4 Å². The fraction of sp³-hybridized carbons (Fsp3) is 0.389. The van der Waals surface area contributed by atoms with Crippen LogP contribution in [0.5, 0.6) is 0 Å². The van der Waals surface area contributed by atoms with E-state index in [1.54, 1.807) is 24.0 Å². The van der Waals surface area contributed by atoms with Crippen molar-refractivity contribution in [3.8, 4) is 10.6 Å². The Morgan fingerprint density at radius 2 is 2.04 bits per heavy atom. The van der Waals surface area contributed by atoms with Crippen LogP contribution in [-0.2, 0) is 9.53 Å². The molecule has 2 aromatic rings. The number of carbonyl (C=O) groups is 2. The minimum absolute atomic E-state index is 0.114. The lowest BCUT2D eigenvalue weighted by atomic mass is 9.98. The Labute approximate surface area is 149 Å². The Bertz CT molecular complexity index is 788. The van der Waals surface area contributed by atoms with E-state index >= 15 is 0 Å². The normalized spacial score (nSPS) is 17.4. The van der Waals surface area contributed by atoms with Crippen LogP contribution in [-0.4, -0.2) is 42.0 Å². The van der Waals surface area contributed by atoms with E-state index in [1.165, 1.54) is 30.6 Å². The molecule has 0 bridgehead atoms. The molecule has 1 aliphatic rings. The van der Waals surface area contributed by atoms with Gasteiger partial charge in [-0.05, 0) is 44.0 Å². The van der Waals surface area contributed by atoms with Crippen molar-refractivity contribution in [1.82, 2.24) is 9.88 Å². The van der Waals surface area contributed by atoms with Crippen molar-refractivity contribution >= 4 is 23.2 Å². The fourth-order valence-corrected chi connectivity index (χ4v) is 4.01. The monoisotopic (exact) mass is 362 g/mol. The topological polar surface area (TPSA) is 59.5 Å². The molecule has 0 saturated carbocycles. The number of piperidine rings is 1. The summed E-state index contributed by atoms with van der Waals surface area (Å²) in [5.41, 5.74) is 1.43. The molecule has 0 N–H and O–H groups in total. The SMILES string of the molecule is COC(=O)C1CCCN(C(=O)c2sc(-c3ccc(F)cc3)nc2C)C1. The lowest BCUT2D eigenvalue weighted by Gasteiger charge is -2.31. The van der Waals surface area contributed by atoms with E-state index in [-0.39, 0.29) is 23.6 Å². The van der Waals surface area contributed by atoms with Gasteiger partial charge in [0, 0.05) is 18.7 Å². The number of nitrogens with zero attached hydrogens (tertiary/aromatic N) is 2. The lowest BCUT2D eigenvalue weighted by Crippen LogP contribution is -2.42. The van der Waals surface area contributed by atoms with E-state index < -0.39 is 0 Å². The number of carbonyl (C=O) groups excluding carboxylic acids is 2. The second kappa shape index (κ2) is 7.31. The highest BCUT2D eigenvalue weighted by Gasteiger charge is 2.31. The molecule has 1 fully saturated rings. The van der Waals surface area contributed by atoms with Crippen LogP contribution in [0.2, 0.25) is 0 Å². The Balaban J connectivity index is 1.80. The Hall–Kier alpha value is -2.28. The summed E-state index contributed by atoms with van der Waals surface area (Å²) in [4.78, 5) is 31.3. The highest BCUT2D eigenvalue weighted by Crippen LogP contribution is 2.30. The van der Waals surface area contributed by atoms with Crippen LogP contribution in [0.4, 0.5) is 4.39 Å². The minimum atomic E-state index is -0.310. The van der Waals surface area contributed by atoms with Gasteiger partial charge in [-0.1, -0.05) is 0 Å². The highest BCUT2D eigenvalue weighted by atomic mass is 32.1. The predicted molar refractivity (Wildman–Crippen MR) is 92.9 cm³/mol. The third kappa shape index (κ3) is 3.71. The molecule has 1 unspecified atom stereocenters. The van der Waals surface area contributed by atoms with Crippen molar-refractivity contribution < 1.29 is 18.7 Å². The van der Waals surface area contributed by atoms with E-state index in [9.17, 15) is 14.0 Å². The molecule has 3 rings (SSSR count). The van der Waals surface area contributed by atoms with E-state index in [0.29, 0.717) is 28.7 Å². The molecular formula is C18H19FN2O3S. The maximum atomic E-state index is 13.1. The van der Waals surface area contributed by atoms with Gasteiger partial charge in [-0.25, -0.2) is 9.37 Å². The van der Waals surface area contributed by atoms with Crippen LogP contribution in [0.3, 0.4) is 0 Å². The Kier molecular flexibility index (Phi) is 5.13. The summed E-state index contributed by atoms with van der Waals surface area (Å²) in [6.07, 6.45) is 1.51. The number of amides is 1. The van der Waals surface area contributed by atoms with Crippen LogP contribution >= 0.6 is 11.3 Å². The summed E-state index contributed by atoms with van der Waals surface area (Å²) in [7, 11) is 1.37. The second-order valence-electron chi connectivity index (χ2n) is 6.05. The van der Waals surface area contributed by atoms with E-state index in [2.05, 4.69) is 4.98 Å². The number of ether oxygens (including phenoxy) is 1. The molecule has 25 heavy (non-hydrogen) atoms. The van der Waals surface area contributed by atoms with Gasteiger partial charge in [-0.15, -0.1) is 11.3 Å². The molecule has 2 heterocycles. The largest absolute Gasteiger partial charge is 0.469 e. The summed E-state index contributed by atoms with van der Waals surface area (Å²) >= 11 is 1.29. The third-order valence-corrected chi connectivity index (χ3v) is 5.52. The predicted octanol–water partition coefficient (Wildman–Crippen LogP) is 3.28. The lowest BCUT2D eigenvalue weighted by molar-refractivity contribution is -0.146. The quantitative estimate of drug-likeness (QED) is 0.786. The molecule has 1 atom stereocenters. The van der Waals surface area contributed by atoms with Crippen molar-refractivity contribution in [2.45, 2.75) is 19.8 Å². The molecule has 132 valence electrons. The van der Waals surface area contributed by atoms with Gasteiger partial charge < -0.3 is 9.64 Å². The Morgan fingerprint density at radius 3 is 2.72 bits per heavy atom. The number of thiazole rings is 1. The average Bonchev–Trinajstić information content (AvgIpc) is 3.02. The molecular weight excluding hydrogens is 343 g/mol. The van der Waals surface area contributed by atoms with Gasteiger partial charge in [-0.2, -0.15) is 0 Å². The summed E-state index contributed by atoms with van der Waals surface area (Å²) in [6.45, 7) is 2.78. The number of likely N-dealkylation sites (tertiary alicyclic amines) is 1. The van der Waals surface area contributed by atoms with Gasteiger partial charge in [0.25, 0.3) is 5.91 Å². The van der Waals surface area contributed by atoms with Crippen LogP contribution in [0.15, 0.2) is 24.3 Å². The molecule has 1 aromatic carbocycles. The first-order valence-electron chi connectivity index (χ1n) is 8.10. The van der Waals surface area contributed by atoms with Gasteiger partial charge in [-0.3, -0.25) is 9.59 Å². The number of methoxy groups -OCH3 is 1. The van der Waals surface area contributed by atoms with Gasteiger partial charge in [0.15, 0.2) is 0 Å². The minimum Gasteiger partial charge on any atom is -0.469 e. The zero-order valence-corrected chi connectivity index (χ0v) is 14.9. The number of benzene rings is 1. The fourth-order valence-electron chi connectivity index (χ4n) is 2.98. The van der Waals surface area contributed by atoms with Gasteiger partial charge >= 0.3 is 5.97 Å². The van der Waals surface area contributed by atoms with E-state index in [1.807, 2.05) is 0 Å². The summed E-state index contributed by atoms with van der Waals surface area (Å²) in [6, 6.07) is 6.05. The number of halogens is 1. The first-order chi connectivity index (χ1) is 12.0. The smallest absolute Gasteiger partial charge is 0.310 e. The molecule has 5 nitrogen and oxygen atoms in total. The van der Waals surface area contributed by atoms with Gasteiger partial charge in [0.2, 0.25) is 0 Å². The number of hydrogen-bond donors (Lipinski definition) is 0. The second-order valence-corrected chi connectivity index (χ2v) is 7.05. The first kappa shape index (κ1) is 17.5. The number of rotatable bonds is 3. The van der Waals surface area contributed by atoms with Crippen molar-refractivity contribution in [2.24, 2.45) is 5.92 Å². The third-order valence-electron chi connectivity index (χ3n) is 4.33. The first-order valence-corrected chi connectivity index (χ1v) is 8.91. The summed E-state index contributed by atoms with van der Waals surface area (Å²) < 4.78 is 17.9. The molecule has 1 aromatic heterocycles. The zero-order chi connectivity index (χ0) is 18.0. The maximum absolute atomic E-state index is 13.1. The zero-order valence-electron chi connectivity index (χ0n) is 14.1. The highest BCUT2D eigenvalue weighted by molar-refractivity contribution is 7.17. The molecule has 7 heteroatoms. The van der Waals surface area contributed by atoms with Crippen molar-refractivity contribution in [1.29, 1.82) is 0 Å². The molecule has 0 aliphatic carbocycles. The number of esters is 1. The van der Waals surface area contributed by atoms with E-state index in [4.69, 9.17) is 4.74 Å². The Morgan fingerprint density at radius 1 is 1.32 bits per heavy atom. The van der Waals surface area contributed by atoms with Crippen LogP contribution in [0, 0.1) is 18.7 Å². The average molecular weight is 362 g/mol. The summed E-state index contributed by atoms with van der Waals surface area (Å²) in [5, 5.41) is 0.683. The number of hydrogen-bond acceptors (Lipinski definition) is 5. The number of aromatic nitrogens is 1. The van der Waals surface area contributed by atoms with Crippen molar-refractivity contribution in [2.75, 3.05) is 20.2 Å². The van der Waals surface area contributed by atoms with Gasteiger partial charge in [0.1, 0.15) is 15.7 Å². The van der Waals surface area contributed by atoms with Crippen molar-refractivity contribution in [3.05, 3.63) is 40.7 Å². The van der Waals surface area contributed by atoms with Crippen LogP contribution < -0.4 is 0 Å².